The summed E-state index contributed by atoms with van der Waals surface area (Å²) < 4.78 is 13.6. The van der Waals surface area contributed by atoms with E-state index in [0.717, 1.165) is 11.9 Å². The van der Waals surface area contributed by atoms with E-state index in [0.29, 0.717) is 11.9 Å². The Morgan fingerprint density at radius 3 is 2.86 bits per heavy atom. The Hall–Kier alpha value is -3.57. The summed E-state index contributed by atoms with van der Waals surface area (Å²) in [6, 6.07) is 6.42. The third kappa shape index (κ3) is 3.37. The number of benzene rings is 1. The van der Waals surface area contributed by atoms with Crippen LogP contribution >= 0.6 is 0 Å². The number of aromatic nitrogens is 3. The summed E-state index contributed by atoms with van der Waals surface area (Å²) >= 11 is 0. The fourth-order valence-corrected chi connectivity index (χ4v) is 5.96. The summed E-state index contributed by atoms with van der Waals surface area (Å²) in [5.41, 5.74) is 0.141. The number of carbonyl (C=O) groups excluding carboxylic acids is 3. The van der Waals surface area contributed by atoms with E-state index in [1.54, 1.807) is 21.7 Å². The number of allylic oxidation sites excluding steroid dienone is 1. The third-order valence-electron chi connectivity index (χ3n) is 7.50. The standard InChI is InChI=1S/C25H27N5O6/c31-13-12-29-21-23(33)28(15-30-17-8-4-3-7-16(17)26-27-30)11-6-10-25(21)20(22(29)32)19-18(36-25)9-2-1-5-14-35-24(19)34/h2-4,6-10,18-21,31H,1,5,11-15H2/b9-2-/t18-,19+,20-,21?,25-/m0/s1. The molecule has 1 aromatic heterocycles. The summed E-state index contributed by atoms with van der Waals surface area (Å²) in [6.07, 6.45) is 8.04. The predicted octanol–water partition coefficient (Wildman–Crippen LogP) is 0.254. The zero-order valence-electron chi connectivity index (χ0n) is 19.6. The molecule has 2 fully saturated rings. The van der Waals surface area contributed by atoms with E-state index in [1.165, 1.54) is 4.90 Å². The maximum atomic E-state index is 14.1. The zero-order chi connectivity index (χ0) is 24.9. The van der Waals surface area contributed by atoms with Gasteiger partial charge >= 0.3 is 5.97 Å². The average Bonchev–Trinajstić information content (AvgIpc) is 3.47. The second kappa shape index (κ2) is 8.82. The number of rotatable bonds is 4. The number of ether oxygens (including phenoxy) is 2. The molecule has 0 aliphatic carbocycles. The molecule has 11 heteroatoms. The van der Waals surface area contributed by atoms with Gasteiger partial charge in [0.25, 0.3) is 5.91 Å². The Kier molecular flexibility index (Phi) is 5.60. The monoisotopic (exact) mass is 493 g/mol. The lowest BCUT2D eigenvalue weighted by atomic mass is 9.78. The van der Waals surface area contributed by atoms with Crippen LogP contribution in [-0.4, -0.2) is 91.7 Å². The summed E-state index contributed by atoms with van der Waals surface area (Å²) in [6.45, 7) is 0.273. The number of amides is 2. The molecule has 5 atom stereocenters. The van der Waals surface area contributed by atoms with Crippen molar-refractivity contribution in [3.05, 3.63) is 48.6 Å². The normalized spacial score (nSPS) is 32.9. The van der Waals surface area contributed by atoms with Crippen molar-refractivity contribution in [2.24, 2.45) is 11.8 Å². The number of aliphatic hydroxyl groups is 1. The molecule has 0 saturated carbocycles. The zero-order valence-corrected chi connectivity index (χ0v) is 19.6. The summed E-state index contributed by atoms with van der Waals surface area (Å²) in [7, 11) is 0. The highest BCUT2D eigenvalue weighted by Gasteiger charge is 2.71. The molecule has 1 spiro atoms. The van der Waals surface area contributed by atoms with Gasteiger partial charge in [-0.15, -0.1) is 5.10 Å². The lowest BCUT2D eigenvalue weighted by Crippen LogP contribution is -2.55. The first-order valence-corrected chi connectivity index (χ1v) is 12.2. The van der Waals surface area contributed by atoms with Crippen molar-refractivity contribution in [3.8, 4) is 0 Å². The molecular weight excluding hydrogens is 466 g/mol. The molecule has 6 rings (SSSR count). The number of cyclic esters (lactones) is 1. The average molecular weight is 494 g/mol. The van der Waals surface area contributed by atoms with E-state index in [1.807, 2.05) is 36.4 Å². The second-order valence-corrected chi connectivity index (χ2v) is 9.52. The van der Waals surface area contributed by atoms with E-state index in [-0.39, 0.29) is 38.9 Å². The minimum atomic E-state index is -1.35. The molecule has 4 aliphatic heterocycles. The van der Waals surface area contributed by atoms with Crippen LogP contribution in [0.25, 0.3) is 11.0 Å². The van der Waals surface area contributed by atoms with Crippen LogP contribution in [0.3, 0.4) is 0 Å². The van der Waals surface area contributed by atoms with E-state index in [4.69, 9.17) is 9.47 Å². The van der Waals surface area contributed by atoms with Crippen molar-refractivity contribution in [2.75, 3.05) is 26.3 Å². The maximum Gasteiger partial charge on any atom is 0.312 e. The summed E-state index contributed by atoms with van der Waals surface area (Å²) in [4.78, 5) is 43.9. The number of hydrogen-bond acceptors (Lipinski definition) is 8. The van der Waals surface area contributed by atoms with E-state index in [2.05, 4.69) is 10.3 Å². The van der Waals surface area contributed by atoms with Crippen molar-refractivity contribution < 1.29 is 29.0 Å². The smallest absolute Gasteiger partial charge is 0.312 e. The van der Waals surface area contributed by atoms with Crippen molar-refractivity contribution in [1.82, 2.24) is 24.8 Å². The van der Waals surface area contributed by atoms with Gasteiger partial charge in [0.15, 0.2) is 0 Å². The number of β-amino-alcohol motifs (C(OH)–C–C–N with tert-alkyl or cyclic N) is 1. The molecule has 0 bridgehead atoms. The molecule has 36 heavy (non-hydrogen) atoms. The van der Waals surface area contributed by atoms with Crippen LogP contribution in [-0.2, 0) is 30.5 Å². The largest absolute Gasteiger partial charge is 0.465 e. The maximum absolute atomic E-state index is 14.1. The highest BCUT2D eigenvalue weighted by Crippen LogP contribution is 2.53. The molecule has 11 nitrogen and oxygen atoms in total. The number of para-hydroxylation sites is 1. The third-order valence-corrected chi connectivity index (χ3v) is 7.50. The number of nitrogens with zero attached hydrogens (tertiary/aromatic N) is 5. The number of aliphatic hydroxyl groups excluding tert-OH is 1. The number of likely N-dealkylation sites (tertiary alicyclic amines) is 1. The van der Waals surface area contributed by atoms with Gasteiger partial charge in [-0.25, -0.2) is 4.68 Å². The highest BCUT2D eigenvalue weighted by atomic mass is 16.6. The van der Waals surface area contributed by atoms with E-state index in [9.17, 15) is 19.5 Å². The first kappa shape index (κ1) is 22.9. The Bertz CT molecular complexity index is 1270. The minimum Gasteiger partial charge on any atom is -0.465 e. The number of hydrogen-bond donors (Lipinski definition) is 1. The Morgan fingerprint density at radius 2 is 2.00 bits per heavy atom. The Morgan fingerprint density at radius 1 is 1.14 bits per heavy atom. The number of carbonyl (C=O) groups is 3. The summed E-state index contributed by atoms with van der Waals surface area (Å²) in [5, 5.41) is 18.1. The van der Waals surface area contributed by atoms with Gasteiger partial charge in [0.1, 0.15) is 29.7 Å². The quantitative estimate of drug-likeness (QED) is 0.475. The van der Waals surface area contributed by atoms with Gasteiger partial charge in [-0.3, -0.25) is 14.4 Å². The predicted molar refractivity (Wildman–Crippen MR) is 125 cm³/mol. The molecular formula is C25H27N5O6. The molecule has 1 N–H and O–H groups in total. The van der Waals surface area contributed by atoms with Gasteiger partial charge in [-0.2, -0.15) is 0 Å². The molecule has 2 saturated heterocycles. The minimum absolute atomic E-state index is 0.0486. The molecule has 2 amide bonds. The lowest BCUT2D eigenvalue weighted by Gasteiger charge is -2.35. The number of esters is 1. The van der Waals surface area contributed by atoms with Crippen LogP contribution < -0.4 is 0 Å². The first-order valence-electron chi connectivity index (χ1n) is 12.2. The van der Waals surface area contributed by atoms with Crippen LogP contribution in [0.4, 0.5) is 0 Å². The molecule has 4 aliphatic rings. The fourth-order valence-electron chi connectivity index (χ4n) is 5.96. The van der Waals surface area contributed by atoms with Crippen LogP contribution in [0, 0.1) is 11.8 Å². The van der Waals surface area contributed by atoms with Crippen molar-refractivity contribution in [3.63, 3.8) is 0 Å². The second-order valence-electron chi connectivity index (χ2n) is 9.52. The van der Waals surface area contributed by atoms with Gasteiger partial charge in [0.05, 0.1) is 30.8 Å². The lowest BCUT2D eigenvalue weighted by molar-refractivity contribution is -0.155. The molecule has 1 aromatic carbocycles. The van der Waals surface area contributed by atoms with Gasteiger partial charge in [0.2, 0.25) is 5.91 Å². The topological polar surface area (TPSA) is 127 Å². The highest BCUT2D eigenvalue weighted by molar-refractivity contribution is 5.99. The van der Waals surface area contributed by atoms with Crippen molar-refractivity contribution >= 4 is 28.8 Å². The molecule has 1 unspecified atom stereocenters. The van der Waals surface area contributed by atoms with Gasteiger partial charge in [0, 0.05) is 13.1 Å². The SMILES string of the molecule is O=C1OCCC/C=C\[C@@H]2O[C@]34C=CCN(Cn5nnc6ccccc65)C(=O)C3N(CCO)C(=O)[C@@H]4[C@H]12. The van der Waals surface area contributed by atoms with Gasteiger partial charge in [-0.1, -0.05) is 41.7 Å². The van der Waals surface area contributed by atoms with Crippen LogP contribution in [0.1, 0.15) is 12.8 Å². The van der Waals surface area contributed by atoms with E-state index >= 15 is 0 Å². The molecule has 5 heterocycles. The molecule has 0 radical (unpaired) electrons. The fraction of sp³-hybridized carbons (Fsp3) is 0.480. The van der Waals surface area contributed by atoms with Gasteiger partial charge < -0.3 is 24.4 Å². The van der Waals surface area contributed by atoms with Gasteiger partial charge in [-0.05, 0) is 25.0 Å². The van der Waals surface area contributed by atoms with Crippen LogP contribution in [0.5, 0.6) is 0 Å². The molecule has 2 aromatic rings. The van der Waals surface area contributed by atoms with Crippen LogP contribution in [0.2, 0.25) is 0 Å². The molecule has 188 valence electrons. The van der Waals surface area contributed by atoms with Crippen molar-refractivity contribution in [1.29, 1.82) is 0 Å². The first-order chi connectivity index (χ1) is 17.5. The number of fused-ring (bicyclic) bond motifs is 3. The Labute approximate surface area is 206 Å². The van der Waals surface area contributed by atoms with Crippen LogP contribution in [0.15, 0.2) is 48.6 Å². The Balaban J connectivity index is 1.39. The summed E-state index contributed by atoms with van der Waals surface area (Å²) in [5.74, 6) is -3.03. The van der Waals surface area contributed by atoms with Crippen molar-refractivity contribution in [2.45, 2.75) is 37.3 Å². The van der Waals surface area contributed by atoms with E-state index < -0.39 is 41.5 Å².